The van der Waals surface area contributed by atoms with Crippen molar-refractivity contribution in [2.45, 2.75) is 18.4 Å². The quantitative estimate of drug-likeness (QED) is 0.900. The fourth-order valence-corrected chi connectivity index (χ4v) is 3.10. The molecule has 1 aromatic carbocycles. The average molecular weight is 354 g/mol. The first-order chi connectivity index (χ1) is 10.1. The lowest BCUT2D eigenvalue weighted by atomic mass is 10.1. The van der Waals surface area contributed by atoms with Gasteiger partial charge >= 0.3 is 5.97 Å². The van der Waals surface area contributed by atoms with E-state index in [-0.39, 0.29) is 24.3 Å². The van der Waals surface area contributed by atoms with Gasteiger partial charge in [-0.3, -0.25) is 4.79 Å². The highest BCUT2D eigenvalue weighted by Crippen LogP contribution is 2.48. The molecule has 21 heavy (non-hydrogen) atoms. The maximum absolute atomic E-state index is 12.5. The molecule has 0 aromatic heterocycles. The number of nitrogens with zero attached hydrogens (tertiary/aromatic N) is 1. The van der Waals surface area contributed by atoms with Crippen LogP contribution >= 0.6 is 15.9 Å². The van der Waals surface area contributed by atoms with Crippen molar-refractivity contribution < 1.29 is 19.4 Å². The van der Waals surface area contributed by atoms with Gasteiger partial charge in [-0.1, -0.05) is 28.1 Å². The van der Waals surface area contributed by atoms with Crippen LogP contribution in [0.25, 0.3) is 0 Å². The summed E-state index contributed by atoms with van der Waals surface area (Å²) in [7, 11) is 0. The number of rotatable bonds is 3. The Labute approximate surface area is 131 Å². The van der Waals surface area contributed by atoms with E-state index >= 15 is 0 Å². The molecule has 112 valence electrons. The third-order valence-electron chi connectivity index (χ3n) is 4.10. The summed E-state index contributed by atoms with van der Waals surface area (Å²) in [5.41, 5.74) is 1.14. The van der Waals surface area contributed by atoms with Crippen molar-refractivity contribution in [3.8, 4) is 0 Å². The molecule has 0 bridgehead atoms. The lowest BCUT2D eigenvalue weighted by Crippen LogP contribution is -2.53. The van der Waals surface area contributed by atoms with Crippen molar-refractivity contribution in [3.63, 3.8) is 0 Å². The van der Waals surface area contributed by atoms with Gasteiger partial charge in [-0.2, -0.15) is 0 Å². The molecule has 0 spiro atoms. The molecule has 6 heteroatoms. The van der Waals surface area contributed by atoms with Crippen LogP contribution in [0.3, 0.4) is 0 Å². The Morgan fingerprint density at radius 1 is 1.29 bits per heavy atom. The number of amides is 1. The Morgan fingerprint density at radius 2 is 2.00 bits per heavy atom. The molecule has 1 aromatic rings. The van der Waals surface area contributed by atoms with Gasteiger partial charge in [0.2, 0.25) is 5.91 Å². The van der Waals surface area contributed by atoms with Gasteiger partial charge < -0.3 is 14.7 Å². The van der Waals surface area contributed by atoms with E-state index < -0.39 is 12.0 Å². The van der Waals surface area contributed by atoms with E-state index in [0.717, 1.165) is 16.5 Å². The molecule has 1 N–H and O–H groups in total. The second-order valence-corrected chi connectivity index (χ2v) is 6.38. The number of halogens is 1. The zero-order chi connectivity index (χ0) is 15.0. The second kappa shape index (κ2) is 5.77. The SMILES string of the molecule is O=C(O)[C@@H]1COCCN1C(=O)[C@@H]1C[C@@H]1c1ccc(Br)cc1. The second-order valence-electron chi connectivity index (χ2n) is 5.46. The Balaban J connectivity index is 1.69. The predicted molar refractivity (Wildman–Crippen MR) is 78.9 cm³/mol. The molecule has 3 rings (SSSR count). The van der Waals surface area contributed by atoms with Gasteiger partial charge in [-0.15, -0.1) is 0 Å². The van der Waals surface area contributed by atoms with Gasteiger partial charge in [0.05, 0.1) is 13.2 Å². The number of aliphatic carboxylic acids is 1. The molecule has 1 heterocycles. The maximum atomic E-state index is 12.5. The molecular formula is C15H16BrNO4. The Bertz CT molecular complexity index is 559. The smallest absolute Gasteiger partial charge is 0.328 e. The number of hydrogen-bond acceptors (Lipinski definition) is 3. The first kappa shape index (κ1) is 14.5. The molecule has 1 saturated heterocycles. The van der Waals surface area contributed by atoms with E-state index in [1.807, 2.05) is 24.3 Å². The first-order valence-corrected chi connectivity index (χ1v) is 7.73. The van der Waals surface area contributed by atoms with E-state index in [9.17, 15) is 14.7 Å². The van der Waals surface area contributed by atoms with E-state index in [4.69, 9.17) is 4.74 Å². The number of ether oxygens (including phenoxy) is 1. The number of morpholine rings is 1. The van der Waals surface area contributed by atoms with Crippen molar-refractivity contribution in [1.29, 1.82) is 0 Å². The fourth-order valence-electron chi connectivity index (χ4n) is 2.83. The van der Waals surface area contributed by atoms with Crippen molar-refractivity contribution in [2.75, 3.05) is 19.8 Å². The fraction of sp³-hybridized carbons (Fsp3) is 0.467. The van der Waals surface area contributed by atoms with Gasteiger partial charge in [-0.05, 0) is 30.0 Å². The van der Waals surface area contributed by atoms with Crippen molar-refractivity contribution >= 4 is 27.8 Å². The van der Waals surface area contributed by atoms with E-state index in [1.54, 1.807) is 0 Å². The van der Waals surface area contributed by atoms with E-state index in [1.165, 1.54) is 4.90 Å². The lowest BCUT2D eigenvalue weighted by Gasteiger charge is -2.33. The number of carboxylic acid groups (broad SMARTS) is 1. The highest BCUT2D eigenvalue weighted by molar-refractivity contribution is 9.10. The van der Waals surface area contributed by atoms with Crippen LogP contribution in [0.15, 0.2) is 28.7 Å². The molecule has 0 radical (unpaired) electrons. The number of benzene rings is 1. The molecule has 5 nitrogen and oxygen atoms in total. The lowest BCUT2D eigenvalue weighted by molar-refractivity contribution is -0.158. The zero-order valence-electron chi connectivity index (χ0n) is 11.4. The summed E-state index contributed by atoms with van der Waals surface area (Å²) in [6.45, 7) is 0.849. The van der Waals surface area contributed by atoms with Crippen LogP contribution in [0.4, 0.5) is 0 Å². The molecule has 1 saturated carbocycles. The third kappa shape index (κ3) is 2.96. The minimum atomic E-state index is -0.996. The summed E-state index contributed by atoms with van der Waals surface area (Å²) in [4.78, 5) is 25.2. The minimum Gasteiger partial charge on any atom is -0.480 e. The van der Waals surface area contributed by atoms with Crippen LogP contribution < -0.4 is 0 Å². The summed E-state index contributed by atoms with van der Waals surface area (Å²) in [6.07, 6.45) is 0.796. The zero-order valence-corrected chi connectivity index (χ0v) is 13.0. The van der Waals surface area contributed by atoms with Crippen LogP contribution in [0.2, 0.25) is 0 Å². The summed E-state index contributed by atoms with van der Waals surface area (Å²) < 4.78 is 6.18. The van der Waals surface area contributed by atoms with Crippen LogP contribution in [0.1, 0.15) is 17.9 Å². The molecule has 1 amide bonds. The van der Waals surface area contributed by atoms with Crippen LogP contribution in [-0.2, 0) is 14.3 Å². The number of carbonyl (C=O) groups is 2. The Kier molecular flexibility index (Phi) is 3.99. The Morgan fingerprint density at radius 3 is 2.67 bits per heavy atom. The van der Waals surface area contributed by atoms with Crippen LogP contribution in [0.5, 0.6) is 0 Å². The Hall–Kier alpha value is -1.40. The van der Waals surface area contributed by atoms with Crippen molar-refractivity contribution in [1.82, 2.24) is 4.90 Å². The van der Waals surface area contributed by atoms with Gasteiger partial charge in [0, 0.05) is 16.9 Å². The third-order valence-corrected chi connectivity index (χ3v) is 4.63. The van der Waals surface area contributed by atoms with Crippen LogP contribution in [0, 0.1) is 5.92 Å². The highest BCUT2D eigenvalue weighted by atomic mass is 79.9. The molecule has 3 atom stereocenters. The van der Waals surface area contributed by atoms with Gasteiger partial charge in [0.1, 0.15) is 0 Å². The summed E-state index contributed by atoms with van der Waals surface area (Å²) in [5, 5.41) is 9.19. The highest BCUT2D eigenvalue weighted by Gasteiger charge is 2.48. The molecule has 1 aliphatic carbocycles. The number of hydrogen-bond donors (Lipinski definition) is 1. The monoisotopic (exact) mass is 353 g/mol. The predicted octanol–water partition coefficient (Wildman–Crippen LogP) is 1.86. The minimum absolute atomic E-state index is 0.0568. The van der Waals surface area contributed by atoms with Gasteiger partial charge in [0.15, 0.2) is 6.04 Å². The van der Waals surface area contributed by atoms with Crippen molar-refractivity contribution in [2.24, 2.45) is 5.92 Å². The molecule has 2 aliphatic rings. The van der Waals surface area contributed by atoms with E-state index in [0.29, 0.717) is 13.2 Å². The first-order valence-electron chi connectivity index (χ1n) is 6.94. The maximum Gasteiger partial charge on any atom is 0.328 e. The molecule has 1 aliphatic heterocycles. The summed E-state index contributed by atoms with van der Waals surface area (Å²) >= 11 is 3.39. The van der Waals surface area contributed by atoms with E-state index in [2.05, 4.69) is 15.9 Å². The summed E-state index contributed by atoms with van der Waals surface area (Å²) in [6, 6.07) is 7.09. The van der Waals surface area contributed by atoms with Gasteiger partial charge in [-0.25, -0.2) is 4.79 Å². The normalized spacial score (nSPS) is 28.2. The number of carboxylic acids is 1. The molecule has 2 fully saturated rings. The topological polar surface area (TPSA) is 66.8 Å². The van der Waals surface area contributed by atoms with Crippen LogP contribution in [-0.4, -0.2) is 47.7 Å². The molecular weight excluding hydrogens is 338 g/mol. The number of carbonyl (C=O) groups excluding carboxylic acids is 1. The molecule has 0 unspecified atom stereocenters. The standard InChI is InChI=1S/C15H16BrNO4/c16-10-3-1-9(2-4-10)11-7-12(11)14(18)17-5-6-21-8-13(17)15(19)20/h1-4,11-13H,5-8H2,(H,19,20)/t11-,12-,13+/m1/s1. The average Bonchev–Trinajstić information content (AvgIpc) is 3.27. The summed E-state index contributed by atoms with van der Waals surface area (Å²) in [5.74, 6) is -0.934. The van der Waals surface area contributed by atoms with Gasteiger partial charge in [0.25, 0.3) is 0 Å². The largest absolute Gasteiger partial charge is 0.480 e. The van der Waals surface area contributed by atoms with Crippen molar-refractivity contribution in [3.05, 3.63) is 34.3 Å².